The fourth-order valence-corrected chi connectivity index (χ4v) is 3.69. The van der Waals surface area contributed by atoms with Crippen LogP contribution in [-0.4, -0.2) is 55.6 Å². The molecule has 1 saturated heterocycles. The quantitative estimate of drug-likeness (QED) is 0.411. The predicted octanol–water partition coefficient (Wildman–Crippen LogP) is 1.63. The van der Waals surface area contributed by atoms with E-state index in [4.69, 9.17) is 21.7 Å². The number of Topliss-reactive ketones (excluding diaryl/α,β-unsaturated/α-hetero) is 1. The first-order chi connectivity index (χ1) is 15.3. The number of nitrogens with zero attached hydrogens (tertiary/aromatic N) is 1. The van der Waals surface area contributed by atoms with Crippen molar-refractivity contribution in [3.63, 3.8) is 0 Å². The maximum atomic E-state index is 12.5. The number of para-hydroxylation sites is 1. The van der Waals surface area contributed by atoms with Crippen LogP contribution in [0.15, 0.2) is 59.4 Å². The zero-order chi connectivity index (χ0) is 22.8. The second-order valence-electron chi connectivity index (χ2n) is 7.26. The number of aromatic amines is 1. The van der Waals surface area contributed by atoms with Crippen LogP contribution in [0.2, 0.25) is 0 Å². The Bertz CT molecular complexity index is 1240. The average Bonchev–Trinajstić information content (AvgIpc) is 3.11. The number of carbonyl (C=O) groups is 1. The van der Waals surface area contributed by atoms with Crippen LogP contribution in [-0.2, 0) is 16.0 Å². The molecule has 9 nitrogen and oxygen atoms in total. The number of rotatable bonds is 6. The third-order valence-electron chi connectivity index (χ3n) is 5.07. The van der Waals surface area contributed by atoms with Crippen LogP contribution in [0.25, 0.3) is 5.69 Å². The number of hydrogen-bond donors (Lipinski definition) is 4. The molecular weight excluding hydrogens is 436 g/mol. The predicted molar refractivity (Wildman–Crippen MR) is 116 cm³/mol. The lowest BCUT2D eigenvalue weighted by molar-refractivity contribution is -0.131. The van der Waals surface area contributed by atoms with Crippen molar-refractivity contribution in [1.82, 2.24) is 9.55 Å². The summed E-state index contributed by atoms with van der Waals surface area (Å²) in [6.07, 6.45) is -4.38. The lowest BCUT2D eigenvalue weighted by Gasteiger charge is -2.16. The van der Waals surface area contributed by atoms with E-state index in [1.165, 1.54) is 4.57 Å². The summed E-state index contributed by atoms with van der Waals surface area (Å²) >= 11 is 5.19. The Morgan fingerprint density at radius 1 is 1.12 bits per heavy atom. The van der Waals surface area contributed by atoms with E-state index in [1.54, 1.807) is 24.3 Å². The minimum atomic E-state index is -1.40. The Morgan fingerprint density at radius 3 is 2.41 bits per heavy atom. The normalized spacial score (nSPS) is 20.2. The van der Waals surface area contributed by atoms with Gasteiger partial charge in [0.25, 0.3) is 5.56 Å². The number of ketones is 1. The van der Waals surface area contributed by atoms with Gasteiger partial charge in [0.15, 0.2) is 10.6 Å². The lowest BCUT2D eigenvalue weighted by Crippen LogP contribution is -2.37. The highest BCUT2D eigenvalue weighted by Crippen LogP contribution is 2.26. The molecule has 0 saturated carbocycles. The van der Waals surface area contributed by atoms with Gasteiger partial charge in [0.2, 0.25) is 5.88 Å². The van der Waals surface area contributed by atoms with Crippen molar-refractivity contribution in [1.29, 1.82) is 0 Å². The summed E-state index contributed by atoms with van der Waals surface area (Å²) in [7, 11) is 0. The number of hydrogen-bond acceptors (Lipinski definition) is 8. The molecule has 1 fully saturated rings. The molecule has 4 N–H and O–H groups in total. The van der Waals surface area contributed by atoms with Gasteiger partial charge >= 0.3 is 0 Å². The van der Waals surface area contributed by atoms with Crippen molar-refractivity contribution in [2.45, 2.75) is 24.7 Å². The summed E-state index contributed by atoms with van der Waals surface area (Å²) in [5, 5.41) is 30.2. The van der Waals surface area contributed by atoms with Gasteiger partial charge in [0.1, 0.15) is 29.8 Å². The molecule has 166 valence electrons. The Kier molecular flexibility index (Phi) is 6.19. The van der Waals surface area contributed by atoms with Crippen molar-refractivity contribution in [3.8, 4) is 23.1 Å². The van der Waals surface area contributed by atoms with Gasteiger partial charge in [-0.3, -0.25) is 19.1 Å². The monoisotopic (exact) mass is 456 g/mol. The number of aliphatic hydroxyl groups is 2. The molecule has 0 amide bonds. The van der Waals surface area contributed by atoms with Gasteiger partial charge < -0.3 is 24.8 Å². The molecule has 32 heavy (non-hydrogen) atoms. The summed E-state index contributed by atoms with van der Waals surface area (Å²) in [5.41, 5.74) is -0.523. The van der Waals surface area contributed by atoms with Crippen LogP contribution in [0.3, 0.4) is 0 Å². The second kappa shape index (κ2) is 9.05. The molecule has 2 aromatic carbocycles. The largest absolute Gasteiger partial charge is 0.494 e. The van der Waals surface area contributed by atoms with E-state index < -0.39 is 42.0 Å². The van der Waals surface area contributed by atoms with Crippen LogP contribution in [0.1, 0.15) is 5.56 Å². The first-order valence-electron chi connectivity index (χ1n) is 9.76. The molecule has 1 aliphatic rings. The van der Waals surface area contributed by atoms with Crippen LogP contribution in [0.4, 0.5) is 0 Å². The number of H-pyrrole nitrogens is 1. The molecule has 10 heteroatoms. The standard InChI is InChI=1S/C22H20N2O7S/c25-16(19-18(27)17(26)11-30-19)10-15-20(28)23-22(32)24(21(15)29)12-6-8-14(9-7-12)31-13-4-2-1-3-5-13/h1-9,17-19,26-27,29H,10-11H2,(H,23,28,32)/t17-,18+,19-/m1/s1. The molecule has 4 rings (SSSR count). The van der Waals surface area contributed by atoms with E-state index in [-0.39, 0.29) is 16.9 Å². The molecule has 1 aliphatic heterocycles. The number of benzene rings is 2. The molecule has 0 radical (unpaired) electrons. The van der Waals surface area contributed by atoms with Crippen molar-refractivity contribution in [2.75, 3.05) is 6.61 Å². The van der Waals surface area contributed by atoms with Crippen molar-refractivity contribution < 1.29 is 29.6 Å². The van der Waals surface area contributed by atoms with E-state index in [9.17, 15) is 24.9 Å². The number of nitrogens with one attached hydrogen (secondary N) is 1. The summed E-state index contributed by atoms with van der Waals surface area (Å²) in [4.78, 5) is 27.3. The summed E-state index contributed by atoms with van der Waals surface area (Å²) in [6, 6.07) is 15.8. The molecule has 0 aliphatic carbocycles. The van der Waals surface area contributed by atoms with Crippen LogP contribution in [0.5, 0.6) is 17.4 Å². The fourth-order valence-electron chi connectivity index (χ4n) is 3.41. The maximum absolute atomic E-state index is 12.5. The zero-order valence-corrected chi connectivity index (χ0v) is 17.5. The fraction of sp³-hybridized carbons (Fsp3) is 0.227. The Morgan fingerprint density at radius 2 is 1.78 bits per heavy atom. The molecule has 3 atom stereocenters. The van der Waals surface area contributed by atoms with Gasteiger partial charge in [-0.2, -0.15) is 0 Å². The van der Waals surface area contributed by atoms with Gasteiger partial charge in [-0.1, -0.05) is 18.2 Å². The lowest BCUT2D eigenvalue weighted by atomic mass is 10.0. The van der Waals surface area contributed by atoms with Gasteiger partial charge in [-0.15, -0.1) is 0 Å². The molecule has 1 aromatic heterocycles. The van der Waals surface area contributed by atoms with E-state index in [1.807, 2.05) is 30.3 Å². The van der Waals surface area contributed by atoms with Crippen LogP contribution < -0.4 is 10.3 Å². The van der Waals surface area contributed by atoms with Gasteiger partial charge in [0.05, 0.1) is 17.9 Å². The van der Waals surface area contributed by atoms with E-state index >= 15 is 0 Å². The Hall–Kier alpha value is -3.31. The highest BCUT2D eigenvalue weighted by molar-refractivity contribution is 7.71. The highest BCUT2D eigenvalue weighted by atomic mass is 32.1. The number of ether oxygens (including phenoxy) is 2. The minimum absolute atomic E-state index is 0.0620. The average molecular weight is 456 g/mol. The molecule has 0 unspecified atom stereocenters. The van der Waals surface area contributed by atoms with E-state index in [2.05, 4.69) is 4.98 Å². The SMILES string of the molecule is O=C(Cc1c(O)n(-c2ccc(Oc3ccccc3)cc2)c(=S)[nH]c1=O)[C@H]1OC[C@@H](O)[C@@H]1O. The summed E-state index contributed by atoms with van der Waals surface area (Å²) in [5.74, 6) is 0.0599. The van der Waals surface area contributed by atoms with E-state index in [0.717, 1.165) is 0 Å². The van der Waals surface area contributed by atoms with Crippen LogP contribution in [0, 0.1) is 4.77 Å². The van der Waals surface area contributed by atoms with Gasteiger partial charge in [-0.05, 0) is 48.6 Å². The molecule has 2 heterocycles. The molecular formula is C22H20N2O7S. The smallest absolute Gasteiger partial charge is 0.259 e. The number of carbonyl (C=O) groups excluding carboxylic acids is 1. The summed E-state index contributed by atoms with van der Waals surface area (Å²) in [6.45, 7) is -0.192. The topological polar surface area (TPSA) is 134 Å². The zero-order valence-electron chi connectivity index (χ0n) is 16.7. The second-order valence-corrected chi connectivity index (χ2v) is 7.65. The Balaban J connectivity index is 1.61. The summed E-state index contributed by atoms with van der Waals surface area (Å²) < 4.78 is 12.0. The van der Waals surface area contributed by atoms with Gasteiger partial charge in [0, 0.05) is 6.42 Å². The van der Waals surface area contributed by atoms with Crippen molar-refractivity contribution >= 4 is 18.0 Å². The highest BCUT2D eigenvalue weighted by Gasteiger charge is 2.39. The Labute approximate surface area is 187 Å². The van der Waals surface area contributed by atoms with Crippen molar-refractivity contribution in [3.05, 3.63) is 75.3 Å². The third-order valence-corrected chi connectivity index (χ3v) is 5.36. The minimum Gasteiger partial charge on any atom is -0.494 e. The van der Waals surface area contributed by atoms with Crippen molar-refractivity contribution in [2.24, 2.45) is 0 Å². The number of aliphatic hydroxyl groups excluding tert-OH is 2. The van der Waals surface area contributed by atoms with Gasteiger partial charge in [-0.25, -0.2) is 0 Å². The maximum Gasteiger partial charge on any atom is 0.259 e. The molecule has 0 bridgehead atoms. The number of aromatic nitrogens is 2. The van der Waals surface area contributed by atoms with Crippen LogP contribution >= 0.6 is 12.2 Å². The first kappa shape index (κ1) is 21.9. The third kappa shape index (κ3) is 4.34. The molecule has 3 aromatic rings. The van der Waals surface area contributed by atoms with E-state index in [0.29, 0.717) is 17.2 Å². The number of aromatic hydroxyl groups is 1. The first-order valence-corrected chi connectivity index (χ1v) is 10.2. The molecule has 0 spiro atoms.